The first-order chi connectivity index (χ1) is 14.1. The molecule has 2 aliphatic heterocycles. The predicted octanol–water partition coefficient (Wildman–Crippen LogP) is 1.46. The van der Waals surface area contributed by atoms with Gasteiger partial charge in [-0.15, -0.1) is 0 Å². The molecule has 1 unspecified atom stereocenters. The van der Waals surface area contributed by atoms with Gasteiger partial charge in [0.2, 0.25) is 5.91 Å². The third kappa shape index (κ3) is 5.68. The summed E-state index contributed by atoms with van der Waals surface area (Å²) >= 11 is 0. The van der Waals surface area contributed by atoms with Crippen molar-refractivity contribution in [3.63, 3.8) is 0 Å². The van der Waals surface area contributed by atoms with Crippen molar-refractivity contribution in [1.29, 1.82) is 0 Å². The zero-order valence-corrected chi connectivity index (χ0v) is 17.7. The van der Waals surface area contributed by atoms with Gasteiger partial charge in [-0.1, -0.05) is 0 Å². The van der Waals surface area contributed by atoms with E-state index in [1.165, 1.54) is 0 Å². The molecule has 2 saturated heterocycles. The number of likely N-dealkylation sites (tertiary alicyclic amines) is 1. The summed E-state index contributed by atoms with van der Waals surface area (Å²) in [4.78, 5) is 21.0. The van der Waals surface area contributed by atoms with Crippen LogP contribution in [0.2, 0.25) is 0 Å². The molecule has 8 heteroatoms. The zero-order chi connectivity index (χ0) is 20.6. The predicted molar refractivity (Wildman–Crippen MR) is 115 cm³/mol. The van der Waals surface area contributed by atoms with Crippen molar-refractivity contribution in [1.82, 2.24) is 15.5 Å². The highest BCUT2D eigenvalue weighted by atomic mass is 16.5. The van der Waals surface area contributed by atoms with Crippen LogP contribution in [0.1, 0.15) is 26.2 Å². The molecule has 0 radical (unpaired) electrons. The number of carbonyl (C=O) groups is 1. The topological polar surface area (TPSA) is 78.4 Å². The van der Waals surface area contributed by atoms with Gasteiger partial charge in [0.1, 0.15) is 18.0 Å². The summed E-state index contributed by atoms with van der Waals surface area (Å²) in [6.07, 6.45) is 3.19. The number of aliphatic imine (C=N–C) groups is 1. The van der Waals surface area contributed by atoms with Crippen LogP contribution in [-0.4, -0.2) is 76.3 Å². The summed E-state index contributed by atoms with van der Waals surface area (Å²) in [5, 5.41) is 6.74. The highest BCUT2D eigenvalue weighted by Crippen LogP contribution is 2.30. The Balaban J connectivity index is 1.59. The first-order valence-electron chi connectivity index (χ1n) is 10.4. The third-order valence-corrected chi connectivity index (χ3v) is 5.41. The first kappa shape index (κ1) is 21.1. The Labute approximate surface area is 173 Å². The Bertz CT molecular complexity index is 696. The molecular weight excluding hydrogens is 370 g/mol. The monoisotopic (exact) mass is 403 g/mol. The molecule has 0 bridgehead atoms. The highest BCUT2D eigenvalue weighted by Gasteiger charge is 2.25. The lowest BCUT2D eigenvalue weighted by molar-refractivity contribution is -0.128. The Kier molecular flexibility index (Phi) is 7.43. The maximum Gasteiger partial charge on any atom is 0.244 e. The largest absolute Gasteiger partial charge is 0.497 e. The molecule has 2 fully saturated rings. The summed E-state index contributed by atoms with van der Waals surface area (Å²) in [6.45, 7) is 6.48. The Morgan fingerprint density at radius 1 is 1.14 bits per heavy atom. The van der Waals surface area contributed by atoms with Crippen molar-refractivity contribution in [2.24, 2.45) is 4.99 Å². The molecule has 1 atom stereocenters. The molecule has 2 heterocycles. The first-order valence-corrected chi connectivity index (χ1v) is 10.4. The number of amides is 1. The number of methoxy groups -OCH3 is 2. The van der Waals surface area contributed by atoms with E-state index in [1.807, 2.05) is 30.0 Å². The second-order valence-corrected chi connectivity index (χ2v) is 7.43. The number of hydrogen-bond donors (Lipinski definition) is 2. The van der Waals surface area contributed by atoms with Crippen molar-refractivity contribution in [2.45, 2.75) is 32.2 Å². The highest BCUT2D eigenvalue weighted by molar-refractivity contribution is 5.85. The number of anilines is 1. The molecule has 0 spiro atoms. The molecular formula is C21H33N5O3. The molecule has 1 aromatic carbocycles. The lowest BCUT2D eigenvalue weighted by atomic mass is 10.2. The summed E-state index contributed by atoms with van der Waals surface area (Å²) in [7, 11) is 3.32. The molecule has 2 N–H and O–H groups in total. The third-order valence-electron chi connectivity index (χ3n) is 5.41. The minimum absolute atomic E-state index is 0.108. The van der Waals surface area contributed by atoms with Crippen LogP contribution in [0.25, 0.3) is 0 Å². The second-order valence-electron chi connectivity index (χ2n) is 7.43. The molecule has 29 heavy (non-hydrogen) atoms. The lowest BCUT2D eigenvalue weighted by Gasteiger charge is -2.21. The quantitative estimate of drug-likeness (QED) is 0.530. The molecule has 8 nitrogen and oxygen atoms in total. The van der Waals surface area contributed by atoms with Crippen molar-refractivity contribution in [3.8, 4) is 11.5 Å². The van der Waals surface area contributed by atoms with Crippen molar-refractivity contribution >= 4 is 17.6 Å². The molecule has 2 aliphatic rings. The summed E-state index contributed by atoms with van der Waals surface area (Å²) in [5.41, 5.74) is 1.08. The van der Waals surface area contributed by atoms with E-state index < -0.39 is 0 Å². The number of nitrogens with one attached hydrogen (secondary N) is 2. The van der Waals surface area contributed by atoms with Gasteiger partial charge in [0.25, 0.3) is 0 Å². The van der Waals surface area contributed by atoms with Crippen LogP contribution in [0.4, 0.5) is 5.69 Å². The molecule has 3 rings (SSSR count). The Morgan fingerprint density at radius 3 is 2.45 bits per heavy atom. The maximum absolute atomic E-state index is 12.3. The number of ether oxygens (including phenoxy) is 2. The molecule has 160 valence electrons. The normalized spacial score (nSPS) is 19.4. The van der Waals surface area contributed by atoms with Gasteiger partial charge in [-0.2, -0.15) is 0 Å². The minimum Gasteiger partial charge on any atom is -0.497 e. The fourth-order valence-corrected chi connectivity index (χ4v) is 3.81. The van der Waals surface area contributed by atoms with E-state index in [1.54, 1.807) is 14.2 Å². The molecule has 0 aliphatic carbocycles. The van der Waals surface area contributed by atoms with E-state index in [0.717, 1.165) is 69.2 Å². The second kappa shape index (κ2) is 10.2. The van der Waals surface area contributed by atoms with Crippen LogP contribution in [0.3, 0.4) is 0 Å². The number of benzene rings is 1. The smallest absolute Gasteiger partial charge is 0.244 e. The van der Waals surface area contributed by atoms with E-state index in [4.69, 9.17) is 9.47 Å². The summed E-state index contributed by atoms with van der Waals surface area (Å²) in [6, 6.07) is 6.19. The van der Waals surface area contributed by atoms with E-state index in [-0.39, 0.29) is 18.5 Å². The Morgan fingerprint density at radius 2 is 1.83 bits per heavy atom. The van der Waals surface area contributed by atoms with Crippen LogP contribution in [-0.2, 0) is 4.79 Å². The van der Waals surface area contributed by atoms with Gasteiger partial charge in [-0.25, -0.2) is 4.99 Å². The standard InChI is InChI=1S/C21H33N5O3/c1-4-22-21(23-14-20(27)25-8-5-6-9-25)24-16-7-10-26(15-16)17-11-18(28-2)13-19(12-17)29-3/h11-13,16H,4-10,14-15H2,1-3H3,(H2,22,23,24). The zero-order valence-electron chi connectivity index (χ0n) is 17.7. The average Bonchev–Trinajstić information content (AvgIpc) is 3.44. The fraction of sp³-hybridized carbons (Fsp3) is 0.619. The van der Waals surface area contributed by atoms with Crippen LogP contribution < -0.4 is 25.0 Å². The van der Waals surface area contributed by atoms with Crippen molar-refractivity contribution in [3.05, 3.63) is 18.2 Å². The lowest BCUT2D eigenvalue weighted by Crippen LogP contribution is -2.45. The molecule has 1 aromatic rings. The minimum atomic E-state index is 0.108. The molecule has 1 amide bonds. The van der Waals surface area contributed by atoms with Gasteiger partial charge < -0.3 is 29.9 Å². The maximum atomic E-state index is 12.3. The number of guanidine groups is 1. The van der Waals surface area contributed by atoms with Gasteiger partial charge in [-0.05, 0) is 26.2 Å². The summed E-state index contributed by atoms with van der Waals surface area (Å²) < 4.78 is 10.8. The van der Waals surface area contributed by atoms with Gasteiger partial charge in [-0.3, -0.25) is 4.79 Å². The van der Waals surface area contributed by atoms with Gasteiger partial charge in [0.05, 0.1) is 14.2 Å². The van der Waals surface area contributed by atoms with Crippen molar-refractivity contribution < 1.29 is 14.3 Å². The number of carbonyl (C=O) groups excluding carboxylic acids is 1. The van der Waals surface area contributed by atoms with E-state index in [9.17, 15) is 4.79 Å². The van der Waals surface area contributed by atoms with Crippen LogP contribution >= 0.6 is 0 Å². The van der Waals surface area contributed by atoms with Gasteiger partial charge in [0.15, 0.2) is 5.96 Å². The summed E-state index contributed by atoms with van der Waals surface area (Å²) in [5.74, 6) is 2.38. The fourth-order valence-electron chi connectivity index (χ4n) is 3.81. The van der Waals surface area contributed by atoms with E-state index >= 15 is 0 Å². The van der Waals surface area contributed by atoms with E-state index in [2.05, 4.69) is 20.5 Å². The van der Waals surface area contributed by atoms with Gasteiger partial charge in [0, 0.05) is 62.7 Å². The number of rotatable bonds is 7. The van der Waals surface area contributed by atoms with E-state index in [0.29, 0.717) is 5.96 Å². The number of hydrogen-bond acceptors (Lipinski definition) is 5. The average molecular weight is 404 g/mol. The molecule has 0 aromatic heterocycles. The van der Waals surface area contributed by atoms with Gasteiger partial charge >= 0.3 is 0 Å². The number of nitrogens with zero attached hydrogens (tertiary/aromatic N) is 3. The van der Waals surface area contributed by atoms with Crippen LogP contribution in [0.5, 0.6) is 11.5 Å². The Hall–Kier alpha value is -2.64. The molecule has 0 saturated carbocycles. The SMILES string of the molecule is CCNC(=NCC(=O)N1CCCC1)NC1CCN(c2cc(OC)cc(OC)c2)C1. The van der Waals surface area contributed by atoms with Crippen LogP contribution in [0.15, 0.2) is 23.2 Å². The van der Waals surface area contributed by atoms with Crippen LogP contribution in [0, 0.1) is 0 Å². The van der Waals surface area contributed by atoms with Crippen molar-refractivity contribution in [2.75, 3.05) is 58.4 Å².